The Morgan fingerprint density at radius 1 is 1.28 bits per heavy atom. The number of methoxy groups -OCH3 is 1. The van der Waals surface area contributed by atoms with E-state index in [0.717, 1.165) is 50.9 Å². The Morgan fingerprint density at radius 3 is 2.84 bits per heavy atom. The van der Waals surface area contributed by atoms with Crippen LogP contribution in [0.25, 0.3) is 0 Å². The number of ether oxygens (including phenoxy) is 1. The number of piperidine rings is 1. The van der Waals surface area contributed by atoms with Crippen molar-refractivity contribution in [2.24, 2.45) is 0 Å². The topological polar surface area (TPSA) is 32.7 Å². The minimum Gasteiger partial charge on any atom is -0.497 e. The summed E-state index contributed by atoms with van der Waals surface area (Å²) in [5.74, 6) is 0.923. The number of fused-ring (bicyclic) bond motifs is 1. The Morgan fingerprint density at radius 2 is 2.08 bits per heavy atom. The van der Waals surface area contributed by atoms with Gasteiger partial charge in [0.25, 0.3) is 0 Å². The molecule has 1 aliphatic heterocycles. The number of aliphatic hydroxyl groups is 1. The third kappa shape index (κ3) is 2.47. The molecule has 1 aromatic rings. The standard InChI is InChI=1S/C22H31NO2/c1-16(2)8-12-23-13-11-21-9-4-5-10-22(21,24)20(23)14-17-6-7-18(25-3)15-19(17)21/h6-8,15,20,24H,4-5,9-14H2,1-3H3/t20-,21+,22-/m1/s1. The molecule has 0 unspecified atom stereocenters. The first-order valence-electron chi connectivity index (χ1n) is 9.77. The highest BCUT2D eigenvalue weighted by Crippen LogP contribution is 2.58. The summed E-state index contributed by atoms with van der Waals surface area (Å²) in [6.45, 7) is 6.35. The maximum absolute atomic E-state index is 12.0. The van der Waals surface area contributed by atoms with Crippen molar-refractivity contribution >= 4 is 0 Å². The molecule has 3 nitrogen and oxygen atoms in total. The Labute approximate surface area is 151 Å². The molecule has 0 aromatic heterocycles. The van der Waals surface area contributed by atoms with Crippen LogP contribution < -0.4 is 4.74 Å². The van der Waals surface area contributed by atoms with E-state index in [0.29, 0.717) is 0 Å². The van der Waals surface area contributed by atoms with Crippen molar-refractivity contribution in [3.63, 3.8) is 0 Å². The Balaban J connectivity index is 1.81. The number of allylic oxidation sites excluding steroid dienone is 1. The van der Waals surface area contributed by atoms with E-state index in [9.17, 15) is 5.11 Å². The van der Waals surface area contributed by atoms with E-state index in [4.69, 9.17) is 4.74 Å². The SMILES string of the molecule is COc1ccc2c(c1)[C@@]13CCCC[C@@]1(O)[C@@H](C2)N(CC=C(C)C)CC3. The van der Waals surface area contributed by atoms with Crippen LogP contribution in [0.3, 0.4) is 0 Å². The molecule has 3 atom stereocenters. The lowest BCUT2D eigenvalue weighted by Gasteiger charge is -2.63. The number of hydrogen-bond donors (Lipinski definition) is 1. The smallest absolute Gasteiger partial charge is 0.119 e. The first-order chi connectivity index (χ1) is 12.0. The molecule has 3 aliphatic rings. The fourth-order valence-electron chi connectivity index (χ4n) is 5.73. The maximum atomic E-state index is 12.0. The first kappa shape index (κ1) is 17.1. The molecule has 2 bridgehead atoms. The monoisotopic (exact) mass is 341 g/mol. The van der Waals surface area contributed by atoms with E-state index in [1.807, 2.05) is 0 Å². The number of hydrogen-bond acceptors (Lipinski definition) is 3. The van der Waals surface area contributed by atoms with E-state index >= 15 is 0 Å². The van der Waals surface area contributed by atoms with Crippen LogP contribution in [0.2, 0.25) is 0 Å². The highest BCUT2D eigenvalue weighted by molar-refractivity contribution is 5.48. The summed E-state index contributed by atoms with van der Waals surface area (Å²) >= 11 is 0. The molecule has 0 amide bonds. The van der Waals surface area contributed by atoms with Gasteiger partial charge in [0, 0.05) is 18.0 Å². The minimum atomic E-state index is -0.599. The van der Waals surface area contributed by atoms with Crippen molar-refractivity contribution in [3.8, 4) is 5.75 Å². The van der Waals surface area contributed by atoms with Gasteiger partial charge in [-0.1, -0.05) is 30.6 Å². The number of likely N-dealkylation sites (tertiary alicyclic amines) is 1. The van der Waals surface area contributed by atoms with Gasteiger partial charge in [-0.05, 0) is 69.3 Å². The quantitative estimate of drug-likeness (QED) is 0.848. The van der Waals surface area contributed by atoms with Crippen LogP contribution in [0, 0.1) is 0 Å². The lowest BCUT2D eigenvalue weighted by atomic mass is 9.49. The van der Waals surface area contributed by atoms with Gasteiger partial charge in [0.05, 0.1) is 12.7 Å². The van der Waals surface area contributed by atoms with E-state index < -0.39 is 5.60 Å². The average molecular weight is 341 g/mol. The van der Waals surface area contributed by atoms with Gasteiger partial charge in [-0.3, -0.25) is 4.90 Å². The minimum absolute atomic E-state index is 0.0838. The zero-order valence-corrected chi connectivity index (χ0v) is 15.8. The fourth-order valence-corrected chi connectivity index (χ4v) is 5.73. The van der Waals surface area contributed by atoms with Crippen LogP contribution in [0.5, 0.6) is 5.75 Å². The number of benzene rings is 1. The Hall–Kier alpha value is -1.32. The molecule has 4 rings (SSSR count). The fraction of sp³-hybridized carbons (Fsp3) is 0.636. The molecule has 3 heteroatoms. The summed E-state index contributed by atoms with van der Waals surface area (Å²) in [7, 11) is 1.74. The molecule has 1 saturated carbocycles. The Kier molecular flexibility index (Phi) is 4.20. The molecule has 25 heavy (non-hydrogen) atoms. The van der Waals surface area contributed by atoms with Crippen LogP contribution >= 0.6 is 0 Å². The second-order valence-electron chi connectivity index (χ2n) is 8.48. The summed E-state index contributed by atoms with van der Waals surface area (Å²) in [6, 6.07) is 6.77. The molecule has 0 radical (unpaired) electrons. The van der Waals surface area contributed by atoms with Crippen LogP contribution in [-0.2, 0) is 11.8 Å². The molecule has 1 aromatic carbocycles. The third-order valence-electron chi connectivity index (χ3n) is 7.04. The van der Waals surface area contributed by atoms with Crippen molar-refractivity contribution in [2.45, 2.75) is 69.4 Å². The van der Waals surface area contributed by atoms with Crippen molar-refractivity contribution < 1.29 is 9.84 Å². The second-order valence-corrected chi connectivity index (χ2v) is 8.48. The van der Waals surface area contributed by atoms with Gasteiger partial charge in [0.1, 0.15) is 5.75 Å². The van der Waals surface area contributed by atoms with Gasteiger partial charge < -0.3 is 9.84 Å². The van der Waals surface area contributed by atoms with E-state index in [2.05, 4.69) is 43.0 Å². The van der Waals surface area contributed by atoms with Gasteiger partial charge in [-0.15, -0.1) is 0 Å². The summed E-state index contributed by atoms with van der Waals surface area (Å²) in [5, 5.41) is 12.0. The molecule has 0 spiro atoms. The largest absolute Gasteiger partial charge is 0.497 e. The normalized spacial score (nSPS) is 34.0. The van der Waals surface area contributed by atoms with Gasteiger partial charge >= 0.3 is 0 Å². The maximum Gasteiger partial charge on any atom is 0.119 e. The molecule has 136 valence electrons. The van der Waals surface area contributed by atoms with Gasteiger partial charge in [-0.25, -0.2) is 0 Å². The highest BCUT2D eigenvalue weighted by Gasteiger charge is 2.63. The summed E-state index contributed by atoms with van der Waals surface area (Å²) < 4.78 is 5.51. The molecular weight excluding hydrogens is 310 g/mol. The predicted molar refractivity (Wildman–Crippen MR) is 101 cm³/mol. The number of rotatable bonds is 3. The predicted octanol–water partition coefficient (Wildman–Crippen LogP) is 3.83. The first-order valence-corrected chi connectivity index (χ1v) is 9.77. The second kappa shape index (κ2) is 6.14. The average Bonchev–Trinajstić information content (AvgIpc) is 2.60. The lowest BCUT2D eigenvalue weighted by Crippen LogP contribution is -2.72. The van der Waals surface area contributed by atoms with E-state index in [1.54, 1.807) is 7.11 Å². The van der Waals surface area contributed by atoms with Crippen LogP contribution in [0.4, 0.5) is 0 Å². The zero-order valence-electron chi connectivity index (χ0n) is 15.8. The molecule has 2 fully saturated rings. The molecule has 1 saturated heterocycles. The summed E-state index contributed by atoms with van der Waals surface area (Å²) in [6.07, 6.45) is 8.72. The van der Waals surface area contributed by atoms with Gasteiger partial charge in [0.2, 0.25) is 0 Å². The summed E-state index contributed by atoms with van der Waals surface area (Å²) in [4.78, 5) is 2.53. The zero-order chi connectivity index (χ0) is 17.7. The van der Waals surface area contributed by atoms with Crippen LogP contribution in [0.15, 0.2) is 29.8 Å². The summed E-state index contributed by atoms with van der Waals surface area (Å²) in [5.41, 5.74) is 3.46. The lowest BCUT2D eigenvalue weighted by molar-refractivity contribution is -0.163. The van der Waals surface area contributed by atoms with E-state index in [1.165, 1.54) is 23.1 Å². The van der Waals surface area contributed by atoms with Crippen molar-refractivity contribution in [1.29, 1.82) is 0 Å². The van der Waals surface area contributed by atoms with Crippen molar-refractivity contribution in [3.05, 3.63) is 41.0 Å². The molecule has 2 aliphatic carbocycles. The molecular formula is C22H31NO2. The Bertz CT molecular complexity index is 693. The van der Waals surface area contributed by atoms with Crippen LogP contribution in [0.1, 0.15) is 57.1 Å². The van der Waals surface area contributed by atoms with Gasteiger partial charge in [0.15, 0.2) is 0 Å². The molecule has 1 N–H and O–H groups in total. The van der Waals surface area contributed by atoms with E-state index in [-0.39, 0.29) is 11.5 Å². The van der Waals surface area contributed by atoms with Gasteiger partial charge in [-0.2, -0.15) is 0 Å². The van der Waals surface area contributed by atoms with Crippen molar-refractivity contribution in [1.82, 2.24) is 4.90 Å². The highest BCUT2D eigenvalue weighted by atomic mass is 16.5. The number of nitrogens with zero attached hydrogens (tertiary/aromatic N) is 1. The molecule has 1 heterocycles. The third-order valence-corrected chi connectivity index (χ3v) is 7.04. The van der Waals surface area contributed by atoms with Crippen molar-refractivity contribution in [2.75, 3.05) is 20.2 Å². The van der Waals surface area contributed by atoms with Crippen LogP contribution in [-0.4, -0.2) is 41.8 Å².